The first-order chi connectivity index (χ1) is 11.3. The van der Waals surface area contributed by atoms with E-state index >= 15 is 0 Å². The third kappa shape index (κ3) is 8.28. The number of thioether (sulfide) groups is 1. The molecule has 1 aromatic carbocycles. The van der Waals surface area contributed by atoms with E-state index in [9.17, 15) is 4.79 Å². The molecule has 0 spiro atoms. The number of urea groups is 1. The van der Waals surface area contributed by atoms with Crippen LogP contribution in [0, 0.1) is 0 Å². The van der Waals surface area contributed by atoms with Crippen LogP contribution >= 0.6 is 11.8 Å². The Balaban J connectivity index is 1.41. The summed E-state index contributed by atoms with van der Waals surface area (Å²) in [7, 11) is 0. The second-order valence-corrected chi connectivity index (χ2v) is 7.00. The van der Waals surface area contributed by atoms with E-state index in [-0.39, 0.29) is 6.03 Å². The molecule has 2 N–H and O–H groups in total. The predicted molar refractivity (Wildman–Crippen MR) is 96.0 cm³/mol. The molecule has 1 fully saturated rings. The van der Waals surface area contributed by atoms with Crippen LogP contribution < -0.4 is 10.6 Å². The van der Waals surface area contributed by atoms with E-state index in [2.05, 4.69) is 22.8 Å². The molecule has 0 aliphatic heterocycles. The van der Waals surface area contributed by atoms with E-state index in [1.165, 1.54) is 37.0 Å². The fraction of sp³-hybridized carbons (Fsp3) is 0.611. The molecule has 0 bridgehead atoms. The summed E-state index contributed by atoms with van der Waals surface area (Å²) in [5.41, 5.74) is 0. The van der Waals surface area contributed by atoms with Crippen molar-refractivity contribution in [2.45, 2.75) is 49.5 Å². The van der Waals surface area contributed by atoms with E-state index in [0.29, 0.717) is 19.2 Å². The first-order valence-electron chi connectivity index (χ1n) is 8.66. The normalized spacial score (nSPS) is 15.3. The number of benzene rings is 1. The minimum atomic E-state index is -0.0867. The molecule has 23 heavy (non-hydrogen) atoms. The van der Waals surface area contributed by atoms with Crippen molar-refractivity contribution in [3.63, 3.8) is 0 Å². The summed E-state index contributed by atoms with van der Waals surface area (Å²) in [5, 5.41) is 5.76. The molecule has 2 amide bonds. The van der Waals surface area contributed by atoms with Gasteiger partial charge in [0.15, 0.2) is 0 Å². The Morgan fingerprint density at radius 2 is 1.83 bits per heavy atom. The summed E-state index contributed by atoms with van der Waals surface area (Å²) in [6.45, 7) is 2.09. The molecular weight excluding hydrogens is 308 g/mol. The van der Waals surface area contributed by atoms with Crippen LogP contribution in [-0.4, -0.2) is 37.6 Å². The van der Waals surface area contributed by atoms with Crippen molar-refractivity contribution >= 4 is 17.8 Å². The Labute approximate surface area is 143 Å². The summed E-state index contributed by atoms with van der Waals surface area (Å²) in [4.78, 5) is 12.9. The van der Waals surface area contributed by atoms with Gasteiger partial charge in [0.2, 0.25) is 0 Å². The molecule has 0 radical (unpaired) electrons. The monoisotopic (exact) mass is 336 g/mol. The standard InChI is InChI=1S/C18H28N2O2S/c21-18(20-13-15-23-17-10-5-2-6-11-17)19-12-7-14-22-16-8-3-1-4-9-16/h2,5-6,10-11,16H,1,3-4,7-9,12-15H2,(H2,19,20,21). The van der Waals surface area contributed by atoms with Gasteiger partial charge in [0.05, 0.1) is 6.10 Å². The Kier molecular flexibility index (Phi) is 8.96. The van der Waals surface area contributed by atoms with E-state index in [0.717, 1.165) is 18.8 Å². The lowest BCUT2D eigenvalue weighted by Gasteiger charge is -2.21. The van der Waals surface area contributed by atoms with Crippen molar-refractivity contribution in [3.05, 3.63) is 30.3 Å². The van der Waals surface area contributed by atoms with Gasteiger partial charge < -0.3 is 15.4 Å². The number of ether oxygens (including phenoxy) is 1. The van der Waals surface area contributed by atoms with Crippen LogP contribution in [0.25, 0.3) is 0 Å². The number of rotatable bonds is 9. The van der Waals surface area contributed by atoms with Gasteiger partial charge in [-0.2, -0.15) is 0 Å². The molecule has 1 saturated carbocycles. The molecule has 4 nitrogen and oxygen atoms in total. The molecule has 0 aromatic heterocycles. The average Bonchev–Trinajstić information content (AvgIpc) is 2.60. The Morgan fingerprint density at radius 1 is 1.09 bits per heavy atom. The second-order valence-electron chi connectivity index (χ2n) is 5.83. The van der Waals surface area contributed by atoms with Crippen LogP contribution in [-0.2, 0) is 4.74 Å². The van der Waals surface area contributed by atoms with Crippen molar-refractivity contribution in [3.8, 4) is 0 Å². The topological polar surface area (TPSA) is 50.4 Å². The summed E-state index contributed by atoms with van der Waals surface area (Å²) in [6, 6.07) is 10.1. The van der Waals surface area contributed by atoms with Gasteiger partial charge >= 0.3 is 6.03 Å². The van der Waals surface area contributed by atoms with Crippen LogP contribution in [0.2, 0.25) is 0 Å². The number of amides is 2. The molecule has 1 aliphatic rings. The first kappa shape index (κ1) is 18.1. The second kappa shape index (κ2) is 11.4. The number of carbonyl (C=O) groups excluding carboxylic acids is 1. The van der Waals surface area contributed by atoms with Gasteiger partial charge in [0, 0.05) is 30.3 Å². The number of hydrogen-bond donors (Lipinski definition) is 2. The molecule has 0 saturated heterocycles. The lowest BCUT2D eigenvalue weighted by atomic mass is 9.98. The molecule has 1 aromatic rings. The zero-order chi connectivity index (χ0) is 16.2. The molecule has 0 unspecified atom stereocenters. The zero-order valence-corrected chi connectivity index (χ0v) is 14.6. The van der Waals surface area contributed by atoms with Gasteiger partial charge in [-0.15, -0.1) is 11.8 Å². The Morgan fingerprint density at radius 3 is 2.61 bits per heavy atom. The van der Waals surface area contributed by atoms with Crippen LogP contribution in [0.15, 0.2) is 35.2 Å². The molecule has 2 rings (SSSR count). The van der Waals surface area contributed by atoms with Gasteiger partial charge in [-0.25, -0.2) is 4.79 Å². The van der Waals surface area contributed by atoms with Crippen molar-refractivity contribution in [2.75, 3.05) is 25.4 Å². The summed E-state index contributed by atoms with van der Waals surface area (Å²) in [6.07, 6.45) is 7.68. The van der Waals surface area contributed by atoms with Crippen LogP contribution in [0.3, 0.4) is 0 Å². The molecule has 128 valence electrons. The van der Waals surface area contributed by atoms with E-state index in [1.807, 2.05) is 18.2 Å². The smallest absolute Gasteiger partial charge is 0.314 e. The van der Waals surface area contributed by atoms with Gasteiger partial charge in [0.25, 0.3) is 0 Å². The van der Waals surface area contributed by atoms with E-state index in [4.69, 9.17) is 4.74 Å². The van der Waals surface area contributed by atoms with Crippen LogP contribution in [0.4, 0.5) is 4.79 Å². The predicted octanol–water partition coefficient (Wildman–Crippen LogP) is 3.82. The average molecular weight is 337 g/mol. The minimum Gasteiger partial charge on any atom is -0.378 e. The number of carbonyl (C=O) groups is 1. The lowest BCUT2D eigenvalue weighted by molar-refractivity contribution is 0.0275. The Hall–Kier alpha value is -1.20. The van der Waals surface area contributed by atoms with Crippen molar-refractivity contribution in [1.29, 1.82) is 0 Å². The number of nitrogens with one attached hydrogen (secondary N) is 2. The third-order valence-corrected chi connectivity index (χ3v) is 4.93. The van der Waals surface area contributed by atoms with Gasteiger partial charge in [-0.3, -0.25) is 0 Å². The first-order valence-corrected chi connectivity index (χ1v) is 9.64. The van der Waals surface area contributed by atoms with Crippen molar-refractivity contribution in [2.24, 2.45) is 0 Å². The maximum Gasteiger partial charge on any atom is 0.314 e. The lowest BCUT2D eigenvalue weighted by Crippen LogP contribution is -2.37. The number of hydrogen-bond acceptors (Lipinski definition) is 3. The molecule has 1 aliphatic carbocycles. The maximum absolute atomic E-state index is 11.6. The maximum atomic E-state index is 11.6. The van der Waals surface area contributed by atoms with Gasteiger partial charge in [-0.05, 0) is 31.4 Å². The highest BCUT2D eigenvalue weighted by atomic mass is 32.2. The summed E-state index contributed by atoms with van der Waals surface area (Å²) >= 11 is 1.75. The molecule has 0 heterocycles. The van der Waals surface area contributed by atoms with E-state index in [1.54, 1.807) is 11.8 Å². The fourth-order valence-corrected chi connectivity index (χ4v) is 3.46. The van der Waals surface area contributed by atoms with Crippen LogP contribution in [0.5, 0.6) is 0 Å². The highest BCUT2D eigenvalue weighted by Gasteiger charge is 2.12. The van der Waals surface area contributed by atoms with Gasteiger partial charge in [0.1, 0.15) is 0 Å². The highest BCUT2D eigenvalue weighted by molar-refractivity contribution is 7.99. The molecular formula is C18H28N2O2S. The zero-order valence-electron chi connectivity index (χ0n) is 13.8. The Bertz CT molecular complexity index is 436. The summed E-state index contributed by atoms with van der Waals surface area (Å²) in [5.74, 6) is 0.877. The van der Waals surface area contributed by atoms with E-state index < -0.39 is 0 Å². The fourth-order valence-electron chi connectivity index (χ4n) is 2.67. The van der Waals surface area contributed by atoms with Crippen molar-refractivity contribution in [1.82, 2.24) is 10.6 Å². The van der Waals surface area contributed by atoms with Crippen molar-refractivity contribution < 1.29 is 9.53 Å². The van der Waals surface area contributed by atoms with Crippen LogP contribution in [0.1, 0.15) is 38.5 Å². The summed E-state index contributed by atoms with van der Waals surface area (Å²) < 4.78 is 5.84. The SMILES string of the molecule is O=C(NCCCOC1CCCCC1)NCCSc1ccccc1. The molecule has 5 heteroatoms. The highest BCUT2D eigenvalue weighted by Crippen LogP contribution is 2.20. The molecule has 0 atom stereocenters. The minimum absolute atomic E-state index is 0.0867. The largest absolute Gasteiger partial charge is 0.378 e. The quantitative estimate of drug-likeness (QED) is 0.532. The van der Waals surface area contributed by atoms with Gasteiger partial charge in [-0.1, -0.05) is 37.5 Å². The third-order valence-electron chi connectivity index (χ3n) is 3.91.